The van der Waals surface area contributed by atoms with E-state index in [9.17, 15) is 0 Å². The molecule has 1 aromatic heterocycles. The summed E-state index contributed by atoms with van der Waals surface area (Å²) in [6, 6.07) is 0. The highest BCUT2D eigenvalue weighted by molar-refractivity contribution is 5.30. The maximum Gasteiger partial charge on any atom is 0.203 e. The molecule has 1 N–H and O–H groups in total. The molecule has 0 aliphatic heterocycles. The fourth-order valence-electron chi connectivity index (χ4n) is 2.58. The lowest BCUT2D eigenvalue weighted by atomic mass is 9.75. The first-order valence-corrected chi connectivity index (χ1v) is 6.63. The monoisotopic (exact) mass is 248 g/mol. The van der Waals surface area contributed by atoms with Crippen LogP contribution >= 0.6 is 0 Å². The van der Waals surface area contributed by atoms with E-state index in [4.69, 9.17) is 0 Å². The zero-order valence-electron chi connectivity index (χ0n) is 11.7. The lowest BCUT2D eigenvalue weighted by Crippen LogP contribution is -2.54. The Morgan fingerprint density at radius 2 is 2.28 bits per heavy atom. The minimum absolute atomic E-state index is 0.318. The molecule has 1 aromatic rings. The normalized spacial score (nSPS) is 17.6. The third-order valence-electron chi connectivity index (χ3n) is 4.03. The van der Waals surface area contributed by atoms with Crippen molar-refractivity contribution in [1.29, 1.82) is 0 Å². The Morgan fingerprint density at radius 1 is 1.56 bits per heavy atom. The van der Waals surface area contributed by atoms with Crippen LogP contribution in [0.15, 0.2) is 18.9 Å². The van der Waals surface area contributed by atoms with E-state index in [1.165, 1.54) is 19.3 Å². The van der Waals surface area contributed by atoms with Gasteiger partial charge >= 0.3 is 0 Å². The maximum atomic E-state index is 4.54. The van der Waals surface area contributed by atoms with Crippen LogP contribution in [0.1, 0.15) is 25.0 Å². The second kappa shape index (κ2) is 5.14. The van der Waals surface area contributed by atoms with Crippen molar-refractivity contribution in [1.82, 2.24) is 14.5 Å². The first kappa shape index (κ1) is 13.1. The van der Waals surface area contributed by atoms with Crippen LogP contribution in [-0.2, 0) is 6.54 Å². The van der Waals surface area contributed by atoms with E-state index in [0.717, 1.165) is 24.7 Å². The molecule has 100 valence electrons. The summed E-state index contributed by atoms with van der Waals surface area (Å²) in [5.74, 6) is 0.959. The van der Waals surface area contributed by atoms with Gasteiger partial charge in [0.25, 0.3) is 0 Å². The van der Waals surface area contributed by atoms with Gasteiger partial charge < -0.3 is 14.8 Å². The number of hydrogen-bond donors (Lipinski definition) is 1. The molecule has 4 heteroatoms. The summed E-state index contributed by atoms with van der Waals surface area (Å²) in [5, 5.41) is 3.51. The number of nitrogens with zero attached hydrogens (tertiary/aromatic N) is 3. The molecule has 1 heterocycles. The highest BCUT2D eigenvalue weighted by atomic mass is 15.2. The molecular weight excluding hydrogens is 224 g/mol. The van der Waals surface area contributed by atoms with Gasteiger partial charge in [-0.3, -0.25) is 0 Å². The molecule has 0 atom stereocenters. The van der Waals surface area contributed by atoms with Crippen molar-refractivity contribution >= 4 is 5.95 Å². The van der Waals surface area contributed by atoms with Gasteiger partial charge in [0.05, 0.1) is 5.69 Å². The van der Waals surface area contributed by atoms with Crippen LogP contribution in [0.2, 0.25) is 0 Å². The topological polar surface area (TPSA) is 33.1 Å². The van der Waals surface area contributed by atoms with Crippen molar-refractivity contribution in [2.45, 2.75) is 38.3 Å². The molecule has 1 saturated carbocycles. The maximum absolute atomic E-state index is 4.54. The molecule has 0 radical (unpaired) electrons. The van der Waals surface area contributed by atoms with Gasteiger partial charge in [-0.2, -0.15) is 0 Å². The Labute approximate surface area is 110 Å². The fourth-order valence-corrected chi connectivity index (χ4v) is 2.58. The van der Waals surface area contributed by atoms with Crippen LogP contribution in [0, 0.1) is 6.92 Å². The van der Waals surface area contributed by atoms with E-state index >= 15 is 0 Å². The summed E-state index contributed by atoms with van der Waals surface area (Å²) >= 11 is 0. The van der Waals surface area contributed by atoms with Crippen molar-refractivity contribution in [2.24, 2.45) is 0 Å². The average Bonchev–Trinajstić information content (AvgIpc) is 2.57. The van der Waals surface area contributed by atoms with Crippen LogP contribution in [0.3, 0.4) is 0 Å². The fraction of sp³-hybridized carbons (Fsp3) is 0.643. The molecule has 0 saturated heterocycles. The number of likely N-dealkylation sites (N-methyl/N-ethyl adjacent to an activating group) is 1. The minimum atomic E-state index is 0.318. The molecule has 2 rings (SSSR count). The third-order valence-corrected chi connectivity index (χ3v) is 4.03. The van der Waals surface area contributed by atoms with E-state index in [0.29, 0.717) is 5.54 Å². The number of anilines is 1. The average molecular weight is 248 g/mol. The van der Waals surface area contributed by atoms with Crippen LogP contribution in [0.5, 0.6) is 0 Å². The van der Waals surface area contributed by atoms with Gasteiger partial charge in [-0.25, -0.2) is 4.98 Å². The van der Waals surface area contributed by atoms with Gasteiger partial charge in [-0.1, -0.05) is 6.08 Å². The van der Waals surface area contributed by atoms with Crippen molar-refractivity contribution in [3.8, 4) is 0 Å². The van der Waals surface area contributed by atoms with Crippen LogP contribution in [0.4, 0.5) is 5.95 Å². The molecule has 18 heavy (non-hydrogen) atoms. The summed E-state index contributed by atoms with van der Waals surface area (Å²) in [4.78, 5) is 6.88. The molecule has 1 aliphatic rings. The number of imidazole rings is 1. The molecular formula is C14H24N4. The predicted molar refractivity (Wildman–Crippen MR) is 75.9 cm³/mol. The van der Waals surface area contributed by atoms with E-state index in [2.05, 4.69) is 46.6 Å². The second-order valence-corrected chi connectivity index (χ2v) is 5.47. The van der Waals surface area contributed by atoms with E-state index < -0.39 is 0 Å². The zero-order chi connectivity index (χ0) is 13.2. The smallest absolute Gasteiger partial charge is 0.203 e. The lowest BCUT2D eigenvalue weighted by Gasteiger charge is -2.47. The van der Waals surface area contributed by atoms with Crippen LogP contribution in [0.25, 0.3) is 0 Å². The quantitative estimate of drug-likeness (QED) is 0.784. The number of aromatic nitrogens is 2. The molecule has 0 bridgehead atoms. The number of aryl methyl sites for hydroxylation is 1. The van der Waals surface area contributed by atoms with Crippen LogP contribution < -0.4 is 5.32 Å². The summed E-state index contributed by atoms with van der Waals surface area (Å²) in [6.07, 6.45) is 7.84. The molecule has 0 spiro atoms. The molecule has 4 nitrogen and oxygen atoms in total. The molecule has 0 unspecified atom stereocenters. The van der Waals surface area contributed by atoms with Crippen molar-refractivity contribution in [3.63, 3.8) is 0 Å². The molecule has 0 aromatic carbocycles. The Bertz CT molecular complexity index is 415. The highest BCUT2D eigenvalue weighted by Crippen LogP contribution is 2.36. The molecule has 1 fully saturated rings. The SMILES string of the molecule is C=CCn1cc(C)nc1NCC1(N(C)C)CCC1. The summed E-state index contributed by atoms with van der Waals surface area (Å²) < 4.78 is 2.12. The number of rotatable bonds is 6. The summed E-state index contributed by atoms with van der Waals surface area (Å²) in [5.41, 5.74) is 1.37. The Hall–Kier alpha value is -1.29. The van der Waals surface area contributed by atoms with Gasteiger partial charge in [-0.05, 0) is 40.3 Å². The van der Waals surface area contributed by atoms with Gasteiger partial charge in [-0.15, -0.1) is 6.58 Å². The summed E-state index contributed by atoms with van der Waals surface area (Å²) in [6.45, 7) is 7.58. The first-order chi connectivity index (χ1) is 8.57. The predicted octanol–water partition coefficient (Wildman–Crippen LogP) is 2.27. The number of hydrogen-bond acceptors (Lipinski definition) is 3. The van der Waals surface area contributed by atoms with E-state index in [1.54, 1.807) is 0 Å². The Balaban J connectivity index is 2.03. The molecule has 0 amide bonds. The lowest BCUT2D eigenvalue weighted by molar-refractivity contribution is 0.0737. The van der Waals surface area contributed by atoms with Gasteiger partial charge in [0.15, 0.2) is 0 Å². The molecule has 1 aliphatic carbocycles. The van der Waals surface area contributed by atoms with Gasteiger partial charge in [0, 0.05) is 24.8 Å². The minimum Gasteiger partial charge on any atom is -0.354 e. The van der Waals surface area contributed by atoms with E-state index in [-0.39, 0.29) is 0 Å². The van der Waals surface area contributed by atoms with Crippen molar-refractivity contribution in [3.05, 3.63) is 24.5 Å². The Kier molecular flexibility index (Phi) is 3.76. The first-order valence-electron chi connectivity index (χ1n) is 6.63. The van der Waals surface area contributed by atoms with Crippen molar-refractivity contribution < 1.29 is 0 Å². The Morgan fingerprint density at radius 3 is 2.78 bits per heavy atom. The van der Waals surface area contributed by atoms with Gasteiger partial charge in [0.2, 0.25) is 5.95 Å². The highest BCUT2D eigenvalue weighted by Gasteiger charge is 2.38. The van der Waals surface area contributed by atoms with E-state index in [1.807, 2.05) is 13.0 Å². The third kappa shape index (κ3) is 2.43. The van der Waals surface area contributed by atoms with Crippen molar-refractivity contribution in [2.75, 3.05) is 26.0 Å². The standard InChI is InChI=1S/C14H24N4/c1-5-9-18-10-12(2)16-13(18)15-11-14(17(3)4)7-6-8-14/h5,10H,1,6-9,11H2,2-4H3,(H,15,16). The number of allylic oxidation sites excluding steroid dienone is 1. The zero-order valence-corrected chi connectivity index (χ0v) is 11.7. The van der Waals surface area contributed by atoms with Crippen LogP contribution in [-0.4, -0.2) is 40.6 Å². The second-order valence-electron chi connectivity index (χ2n) is 5.47. The van der Waals surface area contributed by atoms with Gasteiger partial charge in [0.1, 0.15) is 0 Å². The summed E-state index contributed by atoms with van der Waals surface area (Å²) in [7, 11) is 4.34. The largest absolute Gasteiger partial charge is 0.354 e. The number of nitrogens with one attached hydrogen (secondary N) is 1.